The lowest BCUT2D eigenvalue weighted by atomic mass is 10.0. The first-order valence-electron chi connectivity index (χ1n) is 8.89. The topological polar surface area (TPSA) is 73.1 Å². The van der Waals surface area contributed by atoms with Crippen molar-refractivity contribution in [3.8, 4) is 17.2 Å². The number of fused-ring (bicyclic) bond motifs is 1. The number of hydrogen-bond donors (Lipinski definition) is 1. The minimum atomic E-state index is -3.02. The lowest BCUT2D eigenvalue weighted by Crippen LogP contribution is -2.29. The molecule has 0 aliphatic carbocycles. The van der Waals surface area contributed by atoms with Gasteiger partial charge in [0.2, 0.25) is 11.6 Å². The largest absolute Gasteiger partial charge is 0.497 e. The number of aromatic nitrogens is 3. The van der Waals surface area contributed by atoms with Crippen LogP contribution in [0.4, 0.5) is 14.5 Å². The number of methoxy groups -OCH3 is 1. The van der Waals surface area contributed by atoms with Crippen molar-refractivity contribution in [3.05, 3.63) is 66.6 Å². The van der Waals surface area contributed by atoms with Crippen LogP contribution in [0.15, 0.2) is 65.5 Å². The Kier molecular flexibility index (Phi) is 4.84. The number of nitrogens with one attached hydrogen (secondary N) is 1. The van der Waals surface area contributed by atoms with Gasteiger partial charge in [-0.2, -0.15) is 0 Å². The summed E-state index contributed by atoms with van der Waals surface area (Å²) >= 11 is 0. The molecule has 1 unspecified atom stereocenters. The van der Waals surface area contributed by atoms with Gasteiger partial charge in [0.05, 0.1) is 24.6 Å². The highest BCUT2D eigenvalue weighted by molar-refractivity contribution is 5.76. The van der Waals surface area contributed by atoms with Gasteiger partial charge in [-0.15, -0.1) is 0 Å². The number of nitrogens with zero attached hydrogens (tertiary/aromatic N) is 3. The fourth-order valence-corrected chi connectivity index (χ4v) is 2.98. The van der Waals surface area contributed by atoms with Gasteiger partial charge >= 0.3 is 0 Å². The third-order valence-electron chi connectivity index (χ3n) is 4.42. The number of ether oxygens (including phenoxy) is 1. The van der Waals surface area contributed by atoms with Crippen LogP contribution in [0.25, 0.3) is 22.7 Å². The van der Waals surface area contributed by atoms with Crippen LogP contribution in [0.1, 0.15) is 18.5 Å². The molecule has 4 rings (SSSR count). The molecule has 1 N–H and O–H groups in total. The Hall–Kier alpha value is -3.55. The van der Waals surface area contributed by atoms with Gasteiger partial charge in [-0.3, -0.25) is 4.98 Å². The molecular formula is C21H18F2N4O2. The van der Waals surface area contributed by atoms with Gasteiger partial charge in [-0.1, -0.05) is 12.1 Å². The monoisotopic (exact) mass is 396 g/mol. The molecule has 29 heavy (non-hydrogen) atoms. The van der Waals surface area contributed by atoms with Gasteiger partial charge < -0.3 is 14.5 Å². The molecule has 3 aromatic heterocycles. The second-order valence-corrected chi connectivity index (χ2v) is 6.62. The van der Waals surface area contributed by atoms with E-state index in [9.17, 15) is 8.78 Å². The Morgan fingerprint density at radius 2 is 1.93 bits per heavy atom. The summed E-state index contributed by atoms with van der Waals surface area (Å²) in [5, 5.41) is 2.87. The number of rotatable bonds is 6. The van der Waals surface area contributed by atoms with Crippen LogP contribution in [-0.2, 0) is 0 Å². The Morgan fingerprint density at radius 3 is 2.59 bits per heavy atom. The van der Waals surface area contributed by atoms with Crippen molar-refractivity contribution in [3.63, 3.8) is 0 Å². The molecule has 3 heterocycles. The zero-order chi connectivity index (χ0) is 20.4. The SMILES string of the molecule is COc1ccc(C(Nc2cnc3oc(-c4cccnc4)nc3c2)C(C)(F)F)cc1. The number of halogens is 2. The number of benzene rings is 1. The number of oxazole rings is 1. The van der Waals surface area contributed by atoms with E-state index in [2.05, 4.69) is 20.3 Å². The maximum Gasteiger partial charge on any atom is 0.269 e. The highest BCUT2D eigenvalue weighted by Crippen LogP contribution is 2.35. The standard InChI is InChI=1S/C21H18F2N4O2/c1-21(22,23)18(13-5-7-16(28-2)8-6-13)26-15-10-17-20(25-12-15)29-19(27-17)14-4-3-9-24-11-14/h3-12,18,26H,1-2H3. The molecule has 6 nitrogen and oxygen atoms in total. The summed E-state index contributed by atoms with van der Waals surface area (Å²) in [6.45, 7) is 0.872. The van der Waals surface area contributed by atoms with Crippen molar-refractivity contribution in [2.24, 2.45) is 0 Å². The Labute approximate surface area is 165 Å². The molecule has 0 saturated carbocycles. The van der Waals surface area contributed by atoms with E-state index in [1.54, 1.807) is 48.8 Å². The number of hydrogen-bond acceptors (Lipinski definition) is 6. The van der Waals surface area contributed by atoms with Crippen LogP contribution >= 0.6 is 0 Å². The molecule has 0 amide bonds. The van der Waals surface area contributed by atoms with Crippen LogP contribution in [0.5, 0.6) is 5.75 Å². The fraction of sp³-hybridized carbons (Fsp3) is 0.190. The van der Waals surface area contributed by atoms with Gasteiger partial charge in [0.25, 0.3) is 5.92 Å². The van der Waals surface area contributed by atoms with E-state index in [-0.39, 0.29) is 0 Å². The van der Waals surface area contributed by atoms with Crippen LogP contribution < -0.4 is 10.1 Å². The van der Waals surface area contributed by atoms with E-state index in [4.69, 9.17) is 9.15 Å². The minimum absolute atomic E-state index is 0.318. The molecule has 0 radical (unpaired) electrons. The number of pyridine rings is 2. The third kappa shape index (κ3) is 4.01. The maximum atomic E-state index is 14.3. The molecule has 0 aliphatic rings. The predicted molar refractivity (Wildman–Crippen MR) is 105 cm³/mol. The molecule has 1 atom stereocenters. The zero-order valence-electron chi connectivity index (χ0n) is 15.8. The van der Waals surface area contributed by atoms with Crippen molar-refractivity contribution in [1.29, 1.82) is 0 Å². The molecule has 4 aromatic rings. The van der Waals surface area contributed by atoms with E-state index in [0.29, 0.717) is 39.7 Å². The Balaban J connectivity index is 1.65. The number of alkyl halides is 2. The van der Waals surface area contributed by atoms with Crippen molar-refractivity contribution in [1.82, 2.24) is 15.0 Å². The maximum absolute atomic E-state index is 14.3. The number of anilines is 1. The van der Waals surface area contributed by atoms with Crippen LogP contribution in [0.2, 0.25) is 0 Å². The highest BCUT2D eigenvalue weighted by Gasteiger charge is 2.35. The van der Waals surface area contributed by atoms with Gasteiger partial charge in [0.1, 0.15) is 17.3 Å². The van der Waals surface area contributed by atoms with Crippen LogP contribution in [0, 0.1) is 0 Å². The molecule has 1 aromatic carbocycles. The molecule has 148 valence electrons. The lowest BCUT2D eigenvalue weighted by Gasteiger charge is -2.26. The van der Waals surface area contributed by atoms with Gasteiger partial charge in [-0.05, 0) is 35.9 Å². The summed E-state index contributed by atoms with van der Waals surface area (Å²) in [6.07, 6.45) is 4.72. The van der Waals surface area contributed by atoms with E-state index in [0.717, 1.165) is 6.92 Å². The quantitative estimate of drug-likeness (QED) is 0.489. The van der Waals surface area contributed by atoms with Gasteiger partial charge in [0.15, 0.2) is 0 Å². The molecule has 0 bridgehead atoms. The molecule has 0 aliphatic heterocycles. The summed E-state index contributed by atoms with van der Waals surface area (Å²) < 4.78 is 39.4. The average Bonchev–Trinajstić information content (AvgIpc) is 3.15. The van der Waals surface area contributed by atoms with Crippen LogP contribution in [0.3, 0.4) is 0 Å². The van der Waals surface area contributed by atoms with Crippen molar-refractivity contribution < 1.29 is 17.9 Å². The Bertz CT molecular complexity index is 1110. The van der Waals surface area contributed by atoms with Gasteiger partial charge in [0, 0.05) is 19.3 Å². The molecule has 0 saturated heterocycles. The average molecular weight is 396 g/mol. The molecule has 8 heteroatoms. The van der Waals surface area contributed by atoms with Gasteiger partial charge in [-0.25, -0.2) is 18.7 Å². The first-order valence-corrected chi connectivity index (χ1v) is 8.89. The second kappa shape index (κ2) is 7.46. The minimum Gasteiger partial charge on any atom is -0.497 e. The molecular weight excluding hydrogens is 378 g/mol. The van der Waals surface area contributed by atoms with Crippen molar-refractivity contribution in [2.75, 3.05) is 12.4 Å². The highest BCUT2D eigenvalue weighted by atomic mass is 19.3. The van der Waals surface area contributed by atoms with Crippen LogP contribution in [-0.4, -0.2) is 28.0 Å². The van der Waals surface area contributed by atoms with Crippen molar-refractivity contribution in [2.45, 2.75) is 18.9 Å². The zero-order valence-corrected chi connectivity index (χ0v) is 15.8. The smallest absolute Gasteiger partial charge is 0.269 e. The van der Waals surface area contributed by atoms with E-state index >= 15 is 0 Å². The summed E-state index contributed by atoms with van der Waals surface area (Å²) in [7, 11) is 1.53. The fourth-order valence-electron chi connectivity index (χ4n) is 2.98. The summed E-state index contributed by atoms with van der Waals surface area (Å²) in [4.78, 5) is 12.6. The first-order chi connectivity index (χ1) is 13.9. The van der Waals surface area contributed by atoms with E-state index < -0.39 is 12.0 Å². The predicted octanol–water partition coefficient (Wildman–Crippen LogP) is 5.10. The second-order valence-electron chi connectivity index (χ2n) is 6.62. The van der Waals surface area contributed by atoms with E-state index in [1.807, 2.05) is 6.07 Å². The normalized spacial score (nSPS) is 12.7. The third-order valence-corrected chi connectivity index (χ3v) is 4.42. The first kappa shape index (κ1) is 18.8. The van der Waals surface area contributed by atoms with E-state index in [1.165, 1.54) is 13.3 Å². The summed E-state index contributed by atoms with van der Waals surface area (Å²) in [5.41, 5.74) is 2.32. The Morgan fingerprint density at radius 1 is 1.14 bits per heavy atom. The van der Waals surface area contributed by atoms with Crippen molar-refractivity contribution >= 4 is 16.9 Å². The summed E-state index contributed by atoms with van der Waals surface area (Å²) in [5.74, 6) is -2.06. The molecule has 0 spiro atoms. The summed E-state index contributed by atoms with van der Waals surface area (Å²) in [6, 6.07) is 10.5. The molecule has 0 fully saturated rings. The lowest BCUT2D eigenvalue weighted by molar-refractivity contribution is 0.000748.